The fourth-order valence-electron chi connectivity index (χ4n) is 4.25. The van der Waals surface area contributed by atoms with Gasteiger partial charge in [-0.3, -0.25) is 4.79 Å². The van der Waals surface area contributed by atoms with Crippen molar-refractivity contribution in [1.82, 2.24) is 5.32 Å². The van der Waals surface area contributed by atoms with Gasteiger partial charge in [0.15, 0.2) is 0 Å². The summed E-state index contributed by atoms with van der Waals surface area (Å²) in [4.78, 5) is 15.0. The molecule has 1 aliphatic heterocycles. The van der Waals surface area contributed by atoms with Gasteiger partial charge in [-0.2, -0.15) is 0 Å². The van der Waals surface area contributed by atoms with E-state index in [4.69, 9.17) is 0 Å². The summed E-state index contributed by atoms with van der Waals surface area (Å²) in [6, 6.07) is 19.6. The lowest BCUT2D eigenvalue weighted by molar-refractivity contribution is -0.123. The van der Waals surface area contributed by atoms with Crippen LogP contribution in [-0.4, -0.2) is 18.9 Å². The molecule has 1 fully saturated rings. The Labute approximate surface area is 203 Å². The molecule has 3 aromatic rings. The first-order valence-electron chi connectivity index (χ1n) is 10.2. The van der Waals surface area contributed by atoms with E-state index < -0.39 is 5.41 Å². The summed E-state index contributed by atoms with van der Waals surface area (Å²) < 4.78 is 15.1. The highest BCUT2D eigenvalue weighted by Crippen LogP contribution is 2.45. The molecule has 4 rings (SSSR count). The van der Waals surface area contributed by atoms with Crippen LogP contribution < -0.4 is 5.32 Å². The van der Waals surface area contributed by atoms with E-state index in [2.05, 4.69) is 55.4 Å². The van der Waals surface area contributed by atoms with E-state index >= 15 is 0 Å². The number of rotatable bonds is 5. The van der Waals surface area contributed by atoms with Crippen LogP contribution >= 0.6 is 43.6 Å². The van der Waals surface area contributed by atoms with Crippen LogP contribution in [0.4, 0.5) is 4.39 Å². The molecule has 2 nitrogen and oxygen atoms in total. The molecule has 0 aromatic heterocycles. The molecule has 0 radical (unpaired) electrons. The molecule has 0 aliphatic carbocycles. The van der Waals surface area contributed by atoms with Crippen LogP contribution in [0.1, 0.15) is 25.3 Å². The van der Waals surface area contributed by atoms with Crippen molar-refractivity contribution in [2.24, 2.45) is 0 Å². The summed E-state index contributed by atoms with van der Waals surface area (Å²) >= 11 is 8.54. The minimum atomic E-state index is -0.455. The van der Waals surface area contributed by atoms with Gasteiger partial charge in [-0.25, -0.2) is 4.39 Å². The first-order chi connectivity index (χ1) is 14.9. The molecule has 160 valence electrons. The highest BCUT2D eigenvalue weighted by atomic mass is 79.9. The molecule has 0 saturated carbocycles. The van der Waals surface area contributed by atoms with Crippen molar-refractivity contribution in [3.63, 3.8) is 0 Å². The molecule has 1 aliphatic rings. The van der Waals surface area contributed by atoms with Crippen molar-refractivity contribution < 1.29 is 9.18 Å². The van der Waals surface area contributed by atoms with Crippen LogP contribution in [0.25, 0.3) is 11.1 Å². The van der Waals surface area contributed by atoms with E-state index in [0.717, 1.165) is 52.4 Å². The van der Waals surface area contributed by atoms with E-state index in [9.17, 15) is 9.18 Å². The van der Waals surface area contributed by atoms with Gasteiger partial charge in [-0.05, 0) is 99.6 Å². The molecule has 31 heavy (non-hydrogen) atoms. The standard InChI is InChI=1S/C25H22Br2FNOS/c1-16(30)25(12-14-29-15-13-25)19-7-3-5-9-22(19)31-21-8-4-2-6-17(21)18-10-11-20(28)24(27)23(18)26/h2-11,29H,12-15H2,1H3. The van der Waals surface area contributed by atoms with Gasteiger partial charge in [0.2, 0.25) is 0 Å². The molecule has 0 spiro atoms. The minimum absolute atomic E-state index is 0.223. The predicted molar refractivity (Wildman–Crippen MR) is 132 cm³/mol. The molecular weight excluding hydrogens is 541 g/mol. The SMILES string of the molecule is CC(=O)C1(c2ccccc2Sc2ccccc2-c2ccc(F)c(Br)c2Br)CCNCC1. The maximum absolute atomic E-state index is 14.0. The molecule has 0 atom stereocenters. The monoisotopic (exact) mass is 561 g/mol. The summed E-state index contributed by atoms with van der Waals surface area (Å²) in [6.45, 7) is 3.39. The zero-order valence-electron chi connectivity index (χ0n) is 17.1. The maximum Gasteiger partial charge on any atom is 0.140 e. The summed E-state index contributed by atoms with van der Waals surface area (Å²) in [5, 5.41) is 3.38. The zero-order valence-corrected chi connectivity index (χ0v) is 21.0. The molecule has 0 unspecified atom stereocenters. The smallest absolute Gasteiger partial charge is 0.140 e. The lowest BCUT2D eigenvalue weighted by atomic mass is 9.70. The number of nitrogens with one attached hydrogen (secondary N) is 1. The number of halogens is 3. The maximum atomic E-state index is 14.0. The second-order valence-electron chi connectivity index (χ2n) is 7.71. The molecule has 1 N–H and O–H groups in total. The number of benzene rings is 3. The van der Waals surface area contributed by atoms with Crippen LogP contribution in [0.15, 0.2) is 79.4 Å². The summed E-state index contributed by atoms with van der Waals surface area (Å²) in [7, 11) is 0. The topological polar surface area (TPSA) is 29.1 Å². The van der Waals surface area contributed by atoms with Gasteiger partial charge in [0.05, 0.1) is 9.89 Å². The Balaban J connectivity index is 1.80. The Morgan fingerprint density at radius 3 is 2.26 bits per heavy atom. The van der Waals surface area contributed by atoms with Gasteiger partial charge in [0, 0.05) is 14.3 Å². The van der Waals surface area contributed by atoms with Crippen molar-refractivity contribution in [3.8, 4) is 11.1 Å². The van der Waals surface area contributed by atoms with E-state index in [1.807, 2.05) is 30.3 Å². The van der Waals surface area contributed by atoms with Crippen molar-refractivity contribution in [2.45, 2.75) is 35.0 Å². The number of carbonyl (C=O) groups is 1. The van der Waals surface area contributed by atoms with Crippen LogP contribution in [0, 0.1) is 5.82 Å². The Kier molecular flexibility index (Phi) is 7.01. The van der Waals surface area contributed by atoms with Crippen LogP contribution in [0.3, 0.4) is 0 Å². The number of piperidine rings is 1. The molecule has 6 heteroatoms. The van der Waals surface area contributed by atoms with Crippen LogP contribution in [0.2, 0.25) is 0 Å². The van der Waals surface area contributed by atoms with Crippen molar-refractivity contribution in [1.29, 1.82) is 0 Å². The predicted octanol–water partition coefficient (Wildman–Crippen LogP) is 7.38. The van der Waals surface area contributed by atoms with Crippen LogP contribution in [0.5, 0.6) is 0 Å². The molecule has 1 heterocycles. The average molecular weight is 563 g/mol. The van der Waals surface area contributed by atoms with Gasteiger partial charge in [-0.1, -0.05) is 54.2 Å². The van der Waals surface area contributed by atoms with Crippen molar-refractivity contribution in [2.75, 3.05) is 13.1 Å². The van der Waals surface area contributed by atoms with Crippen molar-refractivity contribution in [3.05, 3.63) is 81.0 Å². The Morgan fingerprint density at radius 2 is 1.55 bits per heavy atom. The summed E-state index contributed by atoms with van der Waals surface area (Å²) in [5.41, 5.74) is 2.57. The number of Topliss-reactive ketones (excluding diaryl/α,β-unsaturated/α-hetero) is 1. The molecule has 3 aromatic carbocycles. The second kappa shape index (κ2) is 9.57. The summed E-state index contributed by atoms with van der Waals surface area (Å²) in [5.74, 6) is -0.0824. The number of hydrogen-bond donors (Lipinski definition) is 1. The minimum Gasteiger partial charge on any atom is -0.317 e. The third-order valence-corrected chi connectivity index (χ3v) is 9.25. The fourth-order valence-corrected chi connectivity index (χ4v) is 6.32. The van der Waals surface area contributed by atoms with E-state index in [0.29, 0.717) is 8.95 Å². The van der Waals surface area contributed by atoms with Gasteiger partial charge in [0.1, 0.15) is 11.6 Å². The first-order valence-corrected chi connectivity index (χ1v) is 12.6. The highest BCUT2D eigenvalue weighted by molar-refractivity contribution is 9.13. The fraction of sp³-hybridized carbons (Fsp3) is 0.240. The normalized spacial score (nSPS) is 15.6. The third kappa shape index (κ3) is 4.40. The lowest BCUT2D eigenvalue weighted by Crippen LogP contribution is -2.44. The second-order valence-corrected chi connectivity index (χ2v) is 10.4. The summed E-state index contributed by atoms with van der Waals surface area (Å²) in [6.07, 6.45) is 1.61. The highest BCUT2D eigenvalue weighted by Gasteiger charge is 2.40. The molecule has 0 amide bonds. The number of hydrogen-bond acceptors (Lipinski definition) is 3. The van der Waals surface area contributed by atoms with Gasteiger partial charge in [0.25, 0.3) is 0 Å². The van der Waals surface area contributed by atoms with Crippen LogP contribution in [-0.2, 0) is 10.2 Å². The largest absolute Gasteiger partial charge is 0.317 e. The third-order valence-electron chi connectivity index (χ3n) is 5.97. The lowest BCUT2D eigenvalue weighted by Gasteiger charge is -2.37. The average Bonchev–Trinajstić information content (AvgIpc) is 2.79. The molecule has 1 saturated heterocycles. The van der Waals surface area contributed by atoms with E-state index in [1.165, 1.54) is 6.07 Å². The number of ketones is 1. The Morgan fingerprint density at radius 1 is 0.903 bits per heavy atom. The van der Waals surface area contributed by atoms with E-state index in [1.54, 1.807) is 24.8 Å². The van der Waals surface area contributed by atoms with Gasteiger partial charge in [-0.15, -0.1) is 0 Å². The molecule has 0 bridgehead atoms. The first kappa shape index (κ1) is 22.7. The van der Waals surface area contributed by atoms with Gasteiger partial charge < -0.3 is 5.32 Å². The zero-order chi connectivity index (χ0) is 22.0. The van der Waals surface area contributed by atoms with Gasteiger partial charge >= 0.3 is 0 Å². The Hall–Kier alpha value is -1.47. The quantitative estimate of drug-likeness (QED) is 0.329. The molecular formula is C25H22Br2FNOS. The number of carbonyl (C=O) groups excluding carboxylic acids is 1. The Bertz CT molecular complexity index is 1130. The van der Waals surface area contributed by atoms with Crippen molar-refractivity contribution >= 4 is 49.4 Å². The van der Waals surface area contributed by atoms with E-state index in [-0.39, 0.29) is 11.6 Å².